The molecule has 3 rings (SSSR count). The fourth-order valence-electron chi connectivity index (χ4n) is 2.46. The minimum Gasteiger partial charge on any atom is -0.330 e. The molecular formula is C17H17BrN4O. The summed E-state index contributed by atoms with van der Waals surface area (Å²) in [6.45, 7) is 2.04. The molecule has 0 bridgehead atoms. The molecule has 0 saturated carbocycles. The second kappa shape index (κ2) is 6.83. The van der Waals surface area contributed by atoms with Gasteiger partial charge in [-0.05, 0) is 36.2 Å². The van der Waals surface area contributed by atoms with Crippen molar-refractivity contribution in [2.45, 2.75) is 19.4 Å². The van der Waals surface area contributed by atoms with E-state index >= 15 is 0 Å². The number of carbonyl (C=O) groups excluding carboxylic acids is 1. The number of halogens is 1. The van der Waals surface area contributed by atoms with Crippen molar-refractivity contribution < 1.29 is 4.79 Å². The minimum absolute atomic E-state index is 0.0436. The van der Waals surface area contributed by atoms with Crippen molar-refractivity contribution in [3.05, 3.63) is 64.9 Å². The zero-order chi connectivity index (χ0) is 16.2. The molecule has 2 aromatic carbocycles. The summed E-state index contributed by atoms with van der Waals surface area (Å²) < 4.78 is 2.64. The Hall–Kier alpha value is -2.34. The molecule has 3 aromatic rings. The molecule has 0 radical (unpaired) electrons. The second-order valence-corrected chi connectivity index (χ2v) is 6.12. The number of nitrogens with one attached hydrogen (secondary N) is 2. The van der Waals surface area contributed by atoms with Crippen LogP contribution in [-0.4, -0.2) is 15.7 Å². The highest BCUT2D eigenvalue weighted by atomic mass is 79.9. The molecule has 1 aromatic heterocycles. The summed E-state index contributed by atoms with van der Waals surface area (Å²) in [7, 11) is 0. The molecule has 1 heterocycles. The van der Waals surface area contributed by atoms with E-state index in [0.717, 1.165) is 27.5 Å². The highest BCUT2D eigenvalue weighted by Crippen LogP contribution is 2.19. The Balaban J connectivity index is 1.71. The third-order valence-corrected chi connectivity index (χ3v) is 4.19. The van der Waals surface area contributed by atoms with Crippen LogP contribution in [0, 0.1) is 0 Å². The van der Waals surface area contributed by atoms with Crippen LogP contribution >= 0.6 is 15.9 Å². The van der Waals surface area contributed by atoms with E-state index in [4.69, 9.17) is 0 Å². The smallest absolute Gasteiger partial charge is 0.330 e. The van der Waals surface area contributed by atoms with Crippen molar-refractivity contribution in [3.8, 4) is 0 Å². The second-order valence-electron chi connectivity index (χ2n) is 5.20. The van der Waals surface area contributed by atoms with Gasteiger partial charge in [0.2, 0.25) is 0 Å². The normalized spacial score (nSPS) is 12.1. The van der Waals surface area contributed by atoms with Crippen molar-refractivity contribution in [1.82, 2.24) is 15.0 Å². The fraction of sp³-hybridized carbons (Fsp3) is 0.176. The molecule has 23 heavy (non-hydrogen) atoms. The third kappa shape index (κ3) is 3.53. The van der Waals surface area contributed by atoms with E-state index in [1.807, 2.05) is 55.5 Å². The molecule has 6 heteroatoms. The van der Waals surface area contributed by atoms with Gasteiger partial charge in [0.05, 0.1) is 17.1 Å². The lowest BCUT2D eigenvalue weighted by molar-refractivity contribution is 0.245. The van der Waals surface area contributed by atoms with E-state index in [1.54, 1.807) is 11.0 Å². The molecule has 0 fully saturated rings. The largest absolute Gasteiger partial charge is 0.334 e. The molecule has 0 aliphatic rings. The van der Waals surface area contributed by atoms with Gasteiger partial charge in [-0.3, -0.25) is 0 Å². The first-order chi connectivity index (χ1) is 11.2. The number of hydrogen-bond acceptors (Lipinski definition) is 2. The first-order valence-electron chi connectivity index (χ1n) is 7.42. The van der Waals surface area contributed by atoms with E-state index in [9.17, 15) is 4.79 Å². The average molecular weight is 373 g/mol. The summed E-state index contributed by atoms with van der Waals surface area (Å²) in [4.78, 5) is 16.5. The van der Waals surface area contributed by atoms with E-state index in [0.29, 0.717) is 0 Å². The van der Waals surface area contributed by atoms with E-state index in [2.05, 4.69) is 31.7 Å². The Bertz CT molecular complexity index is 813. The van der Waals surface area contributed by atoms with Crippen LogP contribution in [-0.2, 0) is 0 Å². The monoisotopic (exact) mass is 372 g/mol. The highest BCUT2D eigenvalue weighted by Gasteiger charge is 2.13. The minimum atomic E-state index is -0.261. The Labute approximate surface area is 142 Å². The van der Waals surface area contributed by atoms with Crippen LogP contribution in [0.4, 0.5) is 4.79 Å². The molecule has 1 atom stereocenters. The van der Waals surface area contributed by atoms with Crippen LogP contribution in [0.25, 0.3) is 11.0 Å². The number of imidazole rings is 1. The summed E-state index contributed by atoms with van der Waals surface area (Å²) in [5, 5.41) is 2.99. The van der Waals surface area contributed by atoms with Gasteiger partial charge in [0, 0.05) is 4.47 Å². The van der Waals surface area contributed by atoms with Gasteiger partial charge >= 0.3 is 6.03 Å². The standard InChI is InChI=1S/C17H17BrN4O/c1-2-14(12-7-9-13(18)10-8-12)20-17(23)21-22-11-19-15-5-3-4-6-16(15)22/h3-11,14H,2H2,1H3,(H2,20,21,23)/t14-/m1/s1. The average Bonchev–Trinajstić information content (AvgIpc) is 2.97. The molecule has 2 N–H and O–H groups in total. The van der Waals surface area contributed by atoms with Crippen molar-refractivity contribution in [1.29, 1.82) is 0 Å². The number of carbonyl (C=O) groups is 1. The van der Waals surface area contributed by atoms with Crippen LogP contribution in [0.1, 0.15) is 24.9 Å². The van der Waals surface area contributed by atoms with E-state index in [1.165, 1.54) is 0 Å². The van der Waals surface area contributed by atoms with Crippen molar-refractivity contribution in [3.63, 3.8) is 0 Å². The fourth-order valence-corrected chi connectivity index (χ4v) is 2.73. The first-order valence-corrected chi connectivity index (χ1v) is 8.21. The van der Waals surface area contributed by atoms with E-state index in [-0.39, 0.29) is 12.1 Å². The van der Waals surface area contributed by atoms with Gasteiger partial charge in [-0.25, -0.2) is 19.9 Å². The summed E-state index contributed by atoms with van der Waals surface area (Å²) >= 11 is 3.42. The molecule has 0 unspecified atom stereocenters. The Morgan fingerprint density at radius 1 is 1.22 bits per heavy atom. The quantitative estimate of drug-likeness (QED) is 0.720. The lowest BCUT2D eigenvalue weighted by Gasteiger charge is -2.18. The van der Waals surface area contributed by atoms with Gasteiger partial charge < -0.3 is 5.32 Å². The van der Waals surface area contributed by atoms with Crippen LogP contribution in [0.15, 0.2) is 59.3 Å². The first kappa shape index (κ1) is 15.6. The van der Waals surface area contributed by atoms with Crippen molar-refractivity contribution >= 4 is 33.0 Å². The lowest BCUT2D eigenvalue weighted by atomic mass is 10.1. The number of urea groups is 1. The molecular weight excluding hydrogens is 356 g/mol. The molecule has 0 aliphatic carbocycles. The predicted octanol–water partition coefficient (Wildman–Crippen LogP) is 4.20. The molecule has 0 saturated heterocycles. The SMILES string of the molecule is CC[C@@H](NC(=O)Nn1cnc2ccccc21)c1ccc(Br)cc1. The summed E-state index contributed by atoms with van der Waals surface area (Å²) in [5.74, 6) is 0. The van der Waals surface area contributed by atoms with Crippen LogP contribution in [0.5, 0.6) is 0 Å². The number of amides is 2. The number of aromatic nitrogens is 2. The van der Waals surface area contributed by atoms with Crippen molar-refractivity contribution in [2.24, 2.45) is 0 Å². The van der Waals surface area contributed by atoms with Gasteiger partial charge in [0.15, 0.2) is 0 Å². The number of nitrogens with zero attached hydrogens (tertiary/aromatic N) is 2. The maximum Gasteiger partial charge on any atom is 0.334 e. The number of hydrogen-bond donors (Lipinski definition) is 2. The van der Waals surface area contributed by atoms with Gasteiger partial charge in [-0.15, -0.1) is 0 Å². The summed E-state index contributed by atoms with van der Waals surface area (Å²) in [5.41, 5.74) is 5.58. The van der Waals surface area contributed by atoms with Gasteiger partial charge in [0.1, 0.15) is 6.33 Å². The molecule has 0 aliphatic heterocycles. The Morgan fingerprint density at radius 2 is 1.96 bits per heavy atom. The number of benzene rings is 2. The topological polar surface area (TPSA) is 59.0 Å². The maximum atomic E-state index is 12.3. The van der Waals surface area contributed by atoms with Crippen LogP contribution in [0.2, 0.25) is 0 Å². The lowest BCUT2D eigenvalue weighted by Crippen LogP contribution is -2.36. The number of rotatable bonds is 4. The Morgan fingerprint density at radius 3 is 2.70 bits per heavy atom. The predicted molar refractivity (Wildman–Crippen MR) is 94.8 cm³/mol. The molecule has 0 spiro atoms. The zero-order valence-corrected chi connectivity index (χ0v) is 14.2. The summed E-state index contributed by atoms with van der Waals surface area (Å²) in [6.07, 6.45) is 2.41. The van der Waals surface area contributed by atoms with Gasteiger partial charge in [-0.1, -0.05) is 47.1 Å². The molecule has 2 amide bonds. The van der Waals surface area contributed by atoms with Crippen LogP contribution in [0.3, 0.4) is 0 Å². The van der Waals surface area contributed by atoms with Gasteiger partial charge in [-0.2, -0.15) is 0 Å². The summed E-state index contributed by atoms with van der Waals surface area (Å²) in [6, 6.07) is 15.3. The Kier molecular flexibility index (Phi) is 4.62. The number of fused-ring (bicyclic) bond motifs is 1. The van der Waals surface area contributed by atoms with Crippen molar-refractivity contribution in [2.75, 3.05) is 5.43 Å². The molecule has 118 valence electrons. The van der Waals surface area contributed by atoms with Crippen LogP contribution < -0.4 is 10.7 Å². The number of para-hydroxylation sites is 2. The highest BCUT2D eigenvalue weighted by molar-refractivity contribution is 9.10. The van der Waals surface area contributed by atoms with Gasteiger partial charge in [0.25, 0.3) is 0 Å². The van der Waals surface area contributed by atoms with E-state index < -0.39 is 0 Å². The third-order valence-electron chi connectivity index (χ3n) is 3.66. The zero-order valence-electron chi connectivity index (χ0n) is 12.7. The molecule has 5 nitrogen and oxygen atoms in total. The maximum absolute atomic E-state index is 12.3.